The Morgan fingerprint density at radius 1 is 0.696 bits per heavy atom. The zero-order valence-electron chi connectivity index (χ0n) is 12.8. The Bertz CT molecular complexity index is 714. The van der Waals surface area contributed by atoms with Crippen LogP contribution in [0.25, 0.3) is 0 Å². The van der Waals surface area contributed by atoms with Gasteiger partial charge in [0.25, 0.3) is 0 Å². The van der Waals surface area contributed by atoms with Crippen molar-refractivity contribution >= 4 is 0 Å². The van der Waals surface area contributed by atoms with Gasteiger partial charge in [-0.05, 0) is 23.3 Å². The largest absolute Gasteiger partial charge is 0.491 e. The van der Waals surface area contributed by atoms with Gasteiger partial charge in [-0.3, -0.25) is 0 Å². The van der Waals surface area contributed by atoms with Gasteiger partial charge in [0, 0.05) is 0 Å². The predicted molar refractivity (Wildman–Crippen MR) is 90.5 cm³/mol. The molecule has 4 rings (SSSR count). The number of para-hydroxylation sites is 1. The highest BCUT2D eigenvalue weighted by Gasteiger charge is 2.59. The van der Waals surface area contributed by atoms with E-state index in [4.69, 9.17) is 9.47 Å². The smallest absolute Gasteiger partial charge is 0.148 e. The van der Waals surface area contributed by atoms with Gasteiger partial charge in [0.2, 0.25) is 0 Å². The highest BCUT2D eigenvalue weighted by Crippen LogP contribution is 2.51. The average Bonchev–Trinajstić information content (AvgIpc) is 3.38. The maximum absolute atomic E-state index is 6.17. The van der Waals surface area contributed by atoms with Crippen LogP contribution in [-0.4, -0.2) is 12.7 Å². The van der Waals surface area contributed by atoms with Crippen LogP contribution >= 0.6 is 0 Å². The number of benzene rings is 3. The molecular weight excluding hydrogens is 284 g/mol. The first-order valence-corrected chi connectivity index (χ1v) is 7.86. The predicted octanol–water partition coefficient (Wildman–Crippen LogP) is 4.41. The molecule has 1 unspecified atom stereocenters. The molecule has 23 heavy (non-hydrogen) atoms. The minimum absolute atomic E-state index is 0.0208. The summed E-state index contributed by atoms with van der Waals surface area (Å²) in [6, 6.07) is 30.6. The Balaban J connectivity index is 1.60. The van der Waals surface area contributed by atoms with Crippen molar-refractivity contribution in [3.8, 4) is 5.75 Å². The van der Waals surface area contributed by atoms with Crippen LogP contribution in [0.1, 0.15) is 11.1 Å². The third kappa shape index (κ3) is 2.62. The van der Waals surface area contributed by atoms with Crippen LogP contribution in [0.4, 0.5) is 0 Å². The molecule has 0 spiro atoms. The van der Waals surface area contributed by atoms with E-state index >= 15 is 0 Å². The second-order valence-corrected chi connectivity index (χ2v) is 5.70. The van der Waals surface area contributed by atoms with Gasteiger partial charge in [0.05, 0.1) is 0 Å². The van der Waals surface area contributed by atoms with Gasteiger partial charge in [-0.15, -0.1) is 0 Å². The molecule has 0 aliphatic carbocycles. The van der Waals surface area contributed by atoms with Gasteiger partial charge in [-0.2, -0.15) is 0 Å². The molecule has 0 saturated carbocycles. The van der Waals surface area contributed by atoms with E-state index < -0.39 is 5.60 Å². The van der Waals surface area contributed by atoms with E-state index in [0.29, 0.717) is 6.61 Å². The zero-order chi connectivity index (χ0) is 15.5. The van der Waals surface area contributed by atoms with Crippen LogP contribution < -0.4 is 4.74 Å². The summed E-state index contributed by atoms with van der Waals surface area (Å²) in [6.07, 6.45) is 0.0208. The lowest BCUT2D eigenvalue weighted by Gasteiger charge is -2.14. The van der Waals surface area contributed by atoms with E-state index in [1.807, 2.05) is 42.5 Å². The molecule has 0 aromatic heterocycles. The lowest BCUT2D eigenvalue weighted by molar-refractivity contribution is 0.255. The van der Waals surface area contributed by atoms with Gasteiger partial charge in [0.15, 0.2) is 0 Å². The summed E-state index contributed by atoms with van der Waals surface area (Å²) in [5.74, 6) is 0.873. The van der Waals surface area contributed by atoms with E-state index in [2.05, 4.69) is 48.5 Å². The number of epoxide rings is 1. The van der Waals surface area contributed by atoms with Crippen molar-refractivity contribution in [2.45, 2.75) is 11.7 Å². The van der Waals surface area contributed by atoms with E-state index in [0.717, 1.165) is 5.75 Å². The first-order chi connectivity index (χ1) is 11.4. The number of ether oxygens (including phenoxy) is 2. The summed E-state index contributed by atoms with van der Waals surface area (Å²) >= 11 is 0. The van der Waals surface area contributed by atoms with Gasteiger partial charge >= 0.3 is 0 Å². The highest BCUT2D eigenvalue weighted by atomic mass is 16.6. The Morgan fingerprint density at radius 3 is 1.70 bits per heavy atom. The highest BCUT2D eigenvalue weighted by molar-refractivity contribution is 5.43. The summed E-state index contributed by atoms with van der Waals surface area (Å²) < 4.78 is 12.1. The molecule has 0 radical (unpaired) electrons. The van der Waals surface area contributed by atoms with Gasteiger partial charge < -0.3 is 9.47 Å². The molecule has 1 aliphatic rings. The molecule has 2 heteroatoms. The monoisotopic (exact) mass is 302 g/mol. The molecule has 2 nitrogen and oxygen atoms in total. The average molecular weight is 302 g/mol. The third-order valence-electron chi connectivity index (χ3n) is 4.27. The minimum Gasteiger partial charge on any atom is -0.491 e. The Morgan fingerprint density at radius 2 is 1.17 bits per heavy atom. The van der Waals surface area contributed by atoms with Crippen molar-refractivity contribution in [1.29, 1.82) is 0 Å². The Labute approximate surface area is 136 Å². The summed E-state index contributed by atoms with van der Waals surface area (Å²) in [6.45, 7) is 0.536. The maximum Gasteiger partial charge on any atom is 0.148 e. The van der Waals surface area contributed by atoms with Gasteiger partial charge in [-0.25, -0.2) is 0 Å². The lowest BCUT2D eigenvalue weighted by atomic mass is 9.88. The van der Waals surface area contributed by atoms with Crippen molar-refractivity contribution < 1.29 is 9.47 Å². The lowest BCUT2D eigenvalue weighted by Crippen LogP contribution is -2.19. The SMILES string of the molecule is c1ccc(OCC2OC2(c2ccccc2)c2ccccc2)cc1. The second-order valence-electron chi connectivity index (χ2n) is 5.70. The Hall–Kier alpha value is -2.58. The van der Waals surface area contributed by atoms with E-state index in [9.17, 15) is 0 Å². The molecular formula is C21H18O2. The van der Waals surface area contributed by atoms with Crippen molar-refractivity contribution in [1.82, 2.24) is 0 Å². The number of rotatable bonds is 5. The second kappa shape index (κ2) is 5.90. The first-order valence-electron chi connectivity index (χ1n) is 7.86. The van der Waals surface area contributed by atoms with Crippen LogP contribution in [0.2, 0.25) is 0 Å². The van der Waals surface area contributed by atoms with Crippen molar-refractivity contribution in [3.05, 3.63) is 102 Å². The fourth-order valence-corrected chi connectivity index (χ4v) is 3.08. The number of hydrogen-bond acceptors (Lipinski definition) is 2. The van der Waals surface area contributed by atoms with Crippen molar-refractivity contribution in [2.24, 2.45) is 0 Å². The van der Waals surface area contributed by atoms with E-state index in [-0.39, 0.29) is 6.10 Å². The van der Waals surface area contributed by atoms with Crippen LogP contribution in [0.15, 0.2) is 91.0 Å². The summed E-state index contributed by atoms with van der Waals surface area (Å²) in [5, 5.41) is 0. The molecule has 1 heterocycles. The maximum atomic E-state index is 6.17. The first kappa shape index (κ1) is 14.0. The standard InChI is InChI=1S/C21H18O2/c1-4-10-17(11-5-1)21(18-12-6-2-7-13-18)20(23-21)16-22-19-14-8-3-9-15-19/h1-15,20H,16H2. The molecule has 1 atom stereocenters. The molecule has 0 amide bonds. The van der Waals surface area contributed by atoms with Crippen molar-refractivity contribution in [3.63, 3.8) is 0 Å². The third-order valence-corrected chi connectivity index (χ3v) is 4.27. The molecule has 0 bridgehead atoms. The molecule has 3 aromatic carbocycles. The topological polar surface area (TPSA) is 21.8 Å². The van der Waals surface area contributed by atoms with Crippen LogP contribution in [0.5, 0.6) is 5.75 Å². The van der Waals surface area contributed by atoms with E-state index in [1.165, 1.54) is 11.1 Å². The molecule has 1 aliphatic heterocycles. The normalized spacial score (nSPS) is 18.3. The zero-order valence-corrected chi connectivity index (χ0v) is 12.8. The Kier molecular flexibility index (Phi) is 3.60. The number of hydrogen-bond donors (Lipinski definition) is 0. The summed E-state index contributed by atoms with van der Waals surface area (Å²) in [7, 11) is 0. The molecule has 3 aromatic rings. The van der Waals surface area contributed by atoms with E-state index in [1.54, 1.807) is 0 Å². The quantitative estimate of drug-likeness (QED) is 0.651. The molecule has 1 fully saturated rings. The minimum atomic E-state index is -0.392. The fraction of sp³-hybridized carbons (Fsp3) is 0.143. The van der Waals surface area contributed by atoms with Crippen LogP contribution in [0.3, 0.4) is 0 Å². The van der Waals surface area contributed by atoms with Gasteiger partial charge in [-0.1, -0.05) is 78.9 Å². The van der Waals surface area contributed by atoms with Crippen molar-refractivity contribution in [2.75, 3.05) is 6.61 Å². The summed E-state index contributed by atoms with van der Waals surface area (Å²) in [5.41, 5.74) is 1.96. The molecule has 0 N–H and O–H groups in total. The summed E-state index contributed by atoms with van der Waals surface area (Å²) in [4.78, 5) is 0. The van der Waals surface area contributed by atoms with Crippen LogP contribution in [0, 0.1) is 0 Å². The molecule has 1 saturated heterocycles. The van der Waals surface area contributed by atoms with Crippen LogP contribution in [-0.2, 0) is 10.3 Å². The fourth-order valence-electron chi connectivity index (χ4n) is 3.08. The molecule has 114 valence electrons. The van der Waals surface area contributed by atoms with Gasteiger partial charge in [0.1, 0.15) is 24.1 Å².